The largest absolute Gasteiger partial charge is 0.506 e. The number of aromatic hydroxyl groups is 1. The lowest BCUT2D eigenvalue weighted by atomic mass is 10.0. The van der Waals surface area contributed by atoms with Crippen LogP contribution in [0.15, 0.2) is 30.9 Å². The lowest BCUT2D eigenvalue weighted by molar-refractivity contribution is 0.174. The van der Waals surface area contributed by atoms with Crippen molar-refractivity contribution >= 4 is 11.6 Å². The predicted octanol–water partition coefficient (Wildman–Crippen LogP) is 2.57. The van der Waals surface area contributed by atoms with Crippen LogP contribution in [0.2, 0.25) is 5.02 Å². The van der Waals surface area contributed by atoms with Gasteiger partial charge in [-0.15, -0.1) is 6.58 Å². The smallest absolute Gasteiger partial charge is 0.134 e. The normalized spacial score (nSPS) is 18.5. The summed E-state index contributed by atoms with van der Waals surface area (Å²) in [4.78, 5) is 2.43. The Morgan fingerprint density at radius 2 is 2.17 bits per heavy atom. The van der Waals surface area contributed by atoms with Gasteiger partial charge >= 0.3 is 0 Å². The molecule has 18 heavy (non-hydrogen) atoms. The summed E-state index contributed by atoms with van der Waals surface area (Å²) in [7, 11) is 0. The number of nitrogens with zero attached hydrogens (tertiary/aromatic N) is 1. The van der Waals surface area contributed by atoms with Crippen LogP contribution in [0, 0.1) is 0 Å². The summed E-state index contributed by atoms with van der Waals surface area (Å²) in [5.74, 6) is 0.137. The Kier molecular flexibility index (Phi) is 4.64. The Hall–Kier alpha value is -1.03. The molecule has 0 unspecified atom stereocenters. The molecule has 3 nitrogen and oxygen atoms in total. The van der Waals surface area contributed by atoms with E-state index in [1.165, 1.54) is 0 Å². The molecule has 1 aliphatic heterocycles. The molecule has 1 atom stereocenters. The van der Waals surface area contributed by atoms with Crippen LogP contribution in [0.3, 0.4) is 0 Å². The van der Waals surface area contributed by atoms with Crippen molar-refractivity contribution < 1.29 is 5.11 Å². The van der Waals surface area contributed by atoms with E-state index in [1.807, 2.05) is 18.2 Å². The Morgan fingerprint density at radius 1 is 1.44 bits per heavy atom. The summed E-state index contributed by atoms with van der Waals surface area (Å²) in [6, 6.07) is 5.75. The van der Waals surface area contributed by atoms with Gasteiger partial charge in [-0.05, 0) is 24.1 Å². The van der Waals surface area contributed by atoms with Crippen LogP contribution in [0.1, 0.15) is 18.0 Å². The van der Waals surface area contributed by atoms with Gasteiger partial charge in [0, 0.05) is 32.2 Å². The minimum atomic E-state index is 0.137. The van der Waals surface area contributed by atoms with Gasteiger partial charge < -0.3 is 10.4 Å². The summed E-state index contributed by atoms with van der Waals surface area (Å²) in [5.41, 5.74) is 1.14. The van der Waals surface area contributed by atoms with Crippen molar-refractivity contribution in [3.05, 3.63) is 41.4 Å². The van der Waals surface area contributed by atoms with Crippen LogP contribution in [0.4, 0.5) is 0 Å². The van der Waals surface area contributed by atoms with Crippen LogP contribution in [0.25, 0.3) is 0 Å². The molecule has 0 amide bonds. The molecule has 0 spiro atoms. The molecule has 1 aromatic rings. The minimum Gasteiger partial charge on any atom is -0.506 e. The fraction of sp³-hybridized carbons (Fsp3) is 0.429. The van der Waals surface area contributed by atoms with Crippen molar-refractivity contribution in [1.29, 1.82) is 0 Å². The van der Waals surface area contributed by atoms with E-state index >= 15 is 0 Å². The number of hydrogen-bond donors (Lipinski definition) is 2. The van der Waals surface area contributed by atoms with E-state index in [1.54, 1.807) is 6.07 Å². The molecule has 4 heteroatoms. The minimum absolute atomic E-state index is 0.137. The van der Waals surface area contributed by atoms with Gasteiger partial charge in [-0.2, -0.15) is 0 Å². The third kappa shape index (κ3) is 3.05. The van der Waals surface area contributed by atoms with Gasteiger partial charge in [0.05, 0.1) is 5.02 Å². The second-order valence-electron chi connectivity index (χ2n) is 4.54. The zero-order chi connectivity index (χ0) is 13.0. The Bertz CT molecular complexity index is 416. The monoisotopic (exact) mass is 266 g/mol. The second kappa shape index (κ2) is 6.23. The van der Waals surface area contributed by atoms with Crippen molar-refractivity contribution in [3.8, 4) is 5.75 Å². The molecular weight excluding hydrogens is 248 g/mol. The number of hydrogen-bond acceptors (Lipinski definition) is 3. The first kappa shape index (κ1) is 13.4. The molecule has 0 aromatic heterocycles. The molecule has 0 aliphatic carbocycles. The Balaban J connectivity index is 2.22. The van der Waals surface area contributed by atoms with Gasteiger partial charge in [0.25, 0.3) is 0 Å². The summed E-state index contributed by atoms with van der Waals surface area (Å²) < 4.78 is 0. The standard InChI is InChI=1S/C14H19ClN2O/c1-2-3-13(17-8-6-16-7-9-17)11-4-5-14(18)12(15)10-11/h2,4-5,10,13,16,18H,1,3,6-9H2/t13-/m0/s1. The van der Waals surface area contributed by atoms with Gasteiger partial charge in [0.15, 0.2) is 0 Å². The molecule has 1 aromatic carbocycles. The molecule has 1 heterocycles. The first-order chi connectivity index (χ1) is 8.72. The summed E-state index contributed by atoms with van der Waals surface area (Å²) in [5, 5.41) is 13.3. The van der Waals surface area contributed by atoms with Crippen LogP contribution >= 0.6 is 11.6 Å². The maximum absolute atomic E-state index is 9.49. The molecule has 0 saturated carbocycles. The van der Waals surface area contributed by atoms with Gasteiger partial charge in [0.2, 0.25) is 0 Å². The number of rotatable bonds is 4. The molecule has 1 saturated heterocycles. The maximum atomic E-state index is 9.49. The van der Waals surface area contributed by atoms with Gasteiger partial charge in [-0.3, -0.25) is 4.90 Å². The van der Waals surface area contributed by atoms with Gasteiger partial charge in [0.1, 0.15) is 5.75 Å². The van der Waals surface area contributed by atoms with Crippen molar-refractivity contribution in [3.63, 3.8) is 0 Å². The zero-order valence-corrected chi connectivity index (χ0v) is 11.2. The second-order valence-corrected chi connectivity index (χ2v) is 4.94. The van der Waals surface area contributed by atoms with Crippen molar-refractivity contribution in [1.82, 2.24) is 10.2 Å². The highest BCUT2D eigenvalue weighted by Gasteiger charge is 2.21. The third-order valence-corrected chi connectivity index (χ3v) is 3.64. The van der Waals surface area contributed by atoms with Crippen LogP contribution in [0.5, 0.6) is 5.75 Å². The molecular formula is C14H19ClN2O. The number of benzene rings is 1. The predicted molar refractivity (Wildman–Crippen MR) is 75.1 cm³/mol. The zero-order valence-electron chi connectivity index (χ0n) is 10.4. The highest BCUT2D eigenvalue weighted by molar-refractivity contribution is 6.32. The SMILES string of the molecule is C=CC[C@@H](c1ccc(O)c(Cl)c1)N1CCNCC1. The molecule has 0 radical (unpaired) electrons. The molecule has 0 bridgehead atoms. The molecule has 2 N–H and O–H groups in total. The van der Waals surface area contributed by atoms with E-state index in [2.05, 4.69) is 16.8 Å². The average Bonchev–Trinajstić information content (AvgIpc) is 2.40. The van der Waals surface area contributed by atoms with E-state index in [9.17, 15) is 5.11 Å². The fourth-order valence-electron chi connectivity index (χ4n) is 2.38. The van der Waals surface area contributed by atoms with Crippen molar-refractivity contribution in [2.75, 3.05) is 26.2 Å². The topological polar surface area (TPSA) is 35.5 Å². The Morgan fingerprint density at radius 3 is 2.78 bits per heavy atom. The summed E-state index contributed by atoms with van der Waals surface area (Å²) in [6.45, 7) is 7.91. The highest BCUT2D eigenvalue weighted by Crippen LogP contribution is 2.31. The highest BCUT2D eigenvalue weighted by atomic mass is 35.5. The van der Waals surface area contributed by atoms with E-state index in [0.29, 0.717) is 11.1 Å². The summed E-state index contributed by atoms with van der Waals surface area (Å²) >= 11 is 5.99. The van der Waals surface area contributed by atoms with Crippen LogP contribution < -0.4 is 5.32 Å². The van der Waals surface area contributed by atoms with E-state index < -0.39 is 0 Å². The fourth-order valence-corrected chi connectivity index (χ4v) is 2.57. The van der Waals surface area contributed by atoms with E-state index in [-0.39, 0.29) is 5.75 Å². The number of phenols is 1. The number of phenolic OH excluding ortho intramolecular Hbond substituents is 1. The lowest BCUT2D eigenvalue weighted by Gasteiger charge is -2.34. The molecule has 1 fully saturated rings. The first-order valence-corrected chi connectivity index (χ1v) is 6.64. The number of piperazine rings is 1. The van der Waals surface area contributed by atoms with Gasteiger partial charge in [-0.1, -0.05) is 23.7 Å². The maximum Gasteiger partial charge on any atom is 0.134 e. The lowest BCUT2D eigenvalue weighted by Crippen LogP contribution is -2.45. The molecule has 1 aliphatic rings. The van der Waals surface area contributed by atoms with Crippen molar-refractivity contribution in [2.45, 2.75) is 12.5 Å². The third-order valence-electron chi connectivity index (χ3n) is 3.34. The number of halogens is 1. The number of nitrogens with one attached hydrogen (secondary N) is 1. The van der Waals surface area contributed by atoms with Crippen molar-refractivity contribution in [2.24, 2.45) is 0 Å². The average molecular weight is 267 g/mol. The quantitative estimate of drug-likeness (QED) is 0.823. The molecule has 2 rings (SSSR count). The van der Waals surface area contributed by atoms with Gasteiger partial charge in [-0.25, -0.2) is 0 Å². The summed E-state index contributed by atoms with van der Waals surface area (Å²) in [6.07, 6.45) is 2.83. The Labute approximate surface area is 113 Å². The van der Waals surface area contributed by atoms with Crippen LogP contribution in [-0.4, -0.2) is 36.2 Å². The molecule has 98 valence electrons. The van der Waals surface area contributed by atoms with E-state index in [0.717, 1.165) is 38.2 Å². The van der Waals surface area contributed by atoms with Crippen LogP contribution in [-0.2, 0) is 0 Å². The van der Waals surface area contributed by atoms with E-state index in [4.69, 9.17) is 11.6 Å². The first-order valence-electron chi connectivity index (χ1n) is 6.26.